The number of aromatic hydroxyl groups is 1. The predicted octanol–water partition coefficient (Wildman–Crippen LogP) is 4.28. The zero-order chi connectivity index (χ0) is 33.2. The summed E-state index contributed by atoms with van der Waals surface area (Å²) in [5, 5.41) is 18.9. The molecule has 2 aromatic carbocycles. The van der Waals surface area contributed by atoms with Gasteiger partial charge in [0.15, 0.2) is 12.4 Å². The van der Waals surface area contributed by atoms with Crippen LogP contribution < -0.4 is 20.7 Å². The molecule has 3 aliphatic heterocycles. The number of alkyl carbamates (subject to hydrolysis) is 1. The van der Waals surface area contributed by atoms with Crippen molar-refractivity contribution in [3.63, 3.8) is 0 Å². The molecule has 3 amide bonds. The van der Waals surface area contributed by atoms with Gasteiger partial charge < -0.3 is 35.0 Å². The van der Waals surface area contributed by atoms with Gasteiger partial charge in [0.1, 0.15) is 17.5 Å². The van der Waals surface area contributed by atoms with Crippen molar-refractivity contribution in [1.82, 2.24) is 20.4 Å². The molecule has 0 spiro atoms. The van der Waals surface area contributed by atoms with E-state index in [0.717, 1.165) is 67.6 Å². The smallest absolute Gasteiger partial charge is 0.411 e. The molecule has 5 rings (SSSR count). The van der Waals surface area contributed by atoms with Gasteiger partial charge in [0.2, 0.25) is 0 Å². The minimum atomic E-state index is -0.478. The Kier molecular flexibility index (Phi) is 11.7. The van der Waals surface area contributed by atoms with Crippen LogP contribution in [0.5, 0.6) is 11.5 Å². The van der Waals surface area contributed by atoms with Gasteiger partial charge in [-0.3, -0.25) is 14.9 Å². The number of rotatable bonds is 13. The molecule has 2 aromatic rings. The number of carbonyl (C=O) groups excluding carboxylic acids is 3. The molecule has 0 radical (unpaired) electrons. The molecule has 47 heavy (non-hydrogen) atoms. The average molecular weight is 644 g/mol. The summed E-state index contributed by atoms with van der Waals surface area (Å²) in [6, 6.07) is 9.44. The van der Waals surface area contributed by atoms with Crippen LogP contribution in [0.3, 0.4) is 0 Å². The van der Waals surface area contributed by atoms with Gasteiger partial charge in [-0.15, -0.1) is 0 Å². The molecule has 4 N–H and O–H groups in total. The van der Waals surface area contributed by atoms with E-state index in [-0.39, 0.29) is 30.3 Å². The molecule has 0 aliphatic carbocycles. The molecule has 11 nitrogen and oxygen atoms in total. The number of benzene rings is 2. The summed E-state index contributed by atoms with van der Waals surface area (Å²) in [7, 11) is 0. The first-order chi connectivity index (χ1) is 22.8. The summed E-state index contributed by atoms with van der Waals surface area (Å²) in [4.78, 5) is 41.4. The maximum absolute atomic E-state index is 13.3. The zero-order valence-corrected chi connectivity index (χ0v) is 27.1. The largest absolute Gasteiger partial charge is 0.506 e. The fourth-order valence-corrected chi connectivity index (χ4v) is 6.03. The van der Waals surface area contributed by atoms with Crippen LogP contribution in [0.1, 0.15) is 53.2 Å². The number of piperidine rings is 1. The summed E-state index contributed by atoms with van der Waals surface area (Å²) in [6.07, 6.45) is 10.8. The second-order valence-electron chi connectivity index (χ2n) is 12.0. The maximum atomic E-state index is 13.3. The van der Waals surface area contributed by atoms with Gasteiger partial charge in [-0.1, -0.05) is 49.9 Å². The van der Waals surface area contributed by atoms with Crippen molar-refractivity contribution in [2.24, 2.45) is 0 Å². The standard InChI is InChI=1S/C36H45N5O6/c1-3-4-5-6-7-25(2)38-36(45)47-29-14-17-40(18-15-29)20-21-41-19-13-28-22-26(8-10-30(28)35(41)44)23-37-16-12-27-9-11-31(42)33-34(27)46-24-32(43)39-33/h4-11,22,29,37,42H,2-3,12-21,23-24H2,1H3,(H,38,45)(H,39,43)/b5-4-,7-6-. The third kappa shape index (κ3) is 9.24. The van der Waals surface area contributed by atoms with E-state index in [0.29, 0.717) is 49.7 Å². The molecule has 0 saturated carbocycles. The van der Waals surface area contributed by atoms with Crippen LogP contribution in [-0.4, -0.2) is 84.8 Å². The Balaban J connectivity index is 1.01. The van der Waals surface area contributed by atoms with Gasteiger partial charge in [-0.2, -0.15) is 0 Å². The number of phenols is 1. The number of likely N-dealkylation sites (tertiary alicyclic amines) is 1. The molecular formula is C36H45N5O6. The molecule has 3 heterocycles. The number of carbonyl (C=O) groups is 3. The van der Waals surface area contributed by atoms with E-state index in [1.165, 1.54) is 0 Å². The maximum Gasteiger partial charge on any atom is 0.411 e. The van der Waals surface area contributed by atoms with Crippen LogP contribution in [0.2, 0.25) is 0 Å². The molecular weight excluding hydrogens is 598 g/mol. The Morgan fingerprint density at radius 1 is 1.15 bits per heavy atom. The predicted molar refractivity (Wildman–Crippen MR) is 180 cm³/mol. The number of hydrogen-bond donors (Lipinski definition) is 4. The van der Waals surface area contributed by atoms with Crippen molar-refractivity contribution in [3.8, 4) is 11.5 Å². The van der Waals surface area contributed by atoms with E-state index in [2.05, 4.69) is 40.4 Å². The lowest BCUT2D eigenvalue weighted by atomic mass is 9.96. The second kappa shape index (κ2) is 16.3. The molecule has 11 heteroatoms. The molecule has 0 aromatic heterocycles. The first kappa shape index (κ1) is 33.7. The molecule has 0 atom stereocenters. The summed E-state index contributed by atoms with van der Waals surface area (Å²) >= 11 is 0. The van der Waals surface area contributed by atoms with Crippen molar-refractivity contribution in [3.05, 3.63) is 89.2 Å². The molecule has 3 aliphatic rings. The SMILES string of the molecule is C=C(/C=C\C=C/CC)NC(=O)OC1CCN(CCN2CCc3cc(CNCCc4ccc(O)c5c4OCC(=O)N5)ccc3C2=O)CC1. The third-order valence-electron chi connectivity index (χ3n) is 8.61. The monoisotopic (exact) mass is 643 g/mol. The average Bonchev–Trinajstić information content (AvgIpc) is 3.06. The minimum absolute atomic E-state index is 0.00718. The van der Waals surface area contributed by atoms with Gasteiger partial charge in [-0.25, -0.2) is 4.79 Å². The highest BCUT2D eigenvalue weighted by Crippen LogP contribution is 2.39. The van der Waals surface area contributed by atoms with Crippen molar-refractivity contribution >= 4 is 23.6 Å². The van der Waals surface area contributed by atoms with Gasteiger partial charge >= 0.3 is 6.09 Å². The Labute approximate surface area is 276 Å². The number of nitrogens with one attached hydrogen (secondary N) is 3. The van der Waals surface area contributed by atoms with Crippen molar-refractivity contribution in [2.45, 2.75) is 51.7 Å². The van der Waals surface area contributed by atoms with Crippen LogP contribution in [0, 0.1) is 0 Å². The van der Waals surface area contributed by atoms with E-state index >= 15 is 0 Å². The number of fused-ring (bicyclic) bond motifs is 2. The number of nitrogens with zero attached hydrogens (tertiary/aromatic N) is 2. The quantitative estimate of drug-likeness (QED) is 0.145. The molecule has 1 saturated heterocycles. The van der Waals surface area contributed by atoms with Crippen LogP contribution >= 0.6 is 0 Å². The highest BCUT2D eigenvalue weighted by molar-refractivity contribution is 5.98. The lowest BCUT2D eigenvalue weighted by Gasteiger charge is -2.34. The zero-order valence-electron chi connectivity index (χ0n) is 27.1. The highest BCUT2D eigenvalue weighted by atomic mass is 16.6. The first-order valence-electron chi connectivity index (χ1n) is 16.4. The molecule has 0 unspecified atom stereocenters. The summed E-state index contributed by atoms with van der Waals surface area (Å²) < 4.78 is 11.2. The minimum Gasteiger partial charge on any atom is -0.506 e. The highest BCUT2D eigenvalue weighted by Gasteiger charge is 2.27. The number of ether oxygens (including phenoxy) is 2. The van der Waals surface area contributed by atoms with Crippen LogP contribution in [0.4, 0.5) is 10.5 Å². The summed E-state index contributed by atoms with van der Waals surface area (Å²) in [6.45, 7) is 10.9. The number of amides is 3. The van der Waals surface area contributed by atoms with E-state index in [1.807, 2.05) is 41.3 Å². The summed E-state index contributed by atoms with van der Waals surface area (Å²) in [5.41, 5.74) is 4.69. The van der Waals surface area contributed by atoms with Crippen LogP contribution in [-0.2, 0) is 28.9 Å². The normalized spacial score (nSPS) is 16.9. The van der Waals surface area contributed by atoms with Crippen molar-refractivity contribution < 1.29 is 29.0 Å². The van der Waals surface area contributed by atoms with E-state index in [1.54, 1.807) is 12.1 Å². The van der Waals surface area contributed by atoms with Gasteiger partial charge in [0, 0.05) is 50.5 Å². The van der Waals surface area contributed by atoms with Gasteiger partial charge in [0.25, 0.3) is 11.8 Å². The van der Waals surface area contributed by atoms with E-state index < -0.39 is 6.09 Å². The third-order valence-corrected chi connectivity index (χ3v) is 8.61. The molecule has 250 valence electrons. The number of allylic oxidation sites excluding steroid dienone is 4. The van der Waals surface area contributed by atoms with Crippen LogP contribution in [0.25, 0.3) is 0 Å². The Morgan fingerprint density at radius 3 is 2.79 bits per heavy atom. The number of phenolic OH excluding ortho intramolecular Hbond substituents is 1. The topological polar surface area (TPSA) is 132 Å². The Morgan fingerprint density at radius 2 is 1.98 bits per heavy atom. The van der Waals surface area contributed by atoms with Gasteiger partial charge in [-0.05, 0) is 73.5 Å². The van der Waals surface area contributed by atoms with E-state index in [9.17, 15) is 19.5 Å². The Hall–Kier alpha value is -4.61. The molecule has 0 bridgehead atoms. The first-order valence-corrected chi connectivity index (χ1v) is 16.4. The Bertz CT molecular complexity index is 1530. The van der Waals surface area contributed by atoms with Crippen molar-refractivity contribution in [2.75, 3.05) is 51.2 Å². The molecule has 1 fully saturated rings. The number of hydrogen-bond acceptors (Lipinski definition) is 8. The fraction of sp³-hybridized carbons (Fsp3) is 0.417. The lowest BCUT2D eigenvalue weighted by Crippen LogP contribution is -2.45. The second-order valence-corrected chi connectivity index (χ2v) is 12.0. The summed E-state index contributed by atoms with van der Waals surface area (Å²) in [5.74, 6) is 0.305. The van der Waals surface area contributed by atoms with Gasteiger partial charge in [0.05, 0.1) is 0 Å². The van der Waals surface area contributed by atoms with E-state index in [4.69, 9.17) is 9.47 Å². The number of anilines is 1. The van der Waals surface area contributed by atoms with Crippen molar-refractivity contribution in [1.29, 1.82) is 0 Å². The fourth-order valence-electron chi connectivity index (χ4n) is 6.03. The lowest BCUT2D eigenvalue weighted by molar-refractivity contribution is -0.118. The van der Waals surface area contributed by atoms with Crippen LogP contribution in [0.15, 0.2) is 66.9 Å².